The molecule has 1 N–H and O–H groups in total. The van der Waals surface area contributed by atoms with Crippen LogP contribution in [-0.4, -0.2) is 38.0 Å². The number of hydrogen-bond acceptors (Lipinski definition) is 6. The number of nitrogens with one attached hydrogen (secondary N) is 1. The first-order chi connectivity index (χ1) is 7.83. The molecule has 3 rings (SSSR count). The molecule has 1 aliphatic rings. The van der Waals surface area contributed by atoms with Gasteiger partial charge in [-0.1, -0.05) is 5.16 Å². The average molecular weight is 221 g/mol. The van der Waals surface area contributed by atoms with Crippen molar-refractivity contribution in [1.29, 1.82) is 0 Å². The Balaban J connectivity index is 1.83. The maximum Gasteiger partial charge on any atom is 0.239 e. The van der Waals surface area contributed by atoms with Crippen LogP contribution < -0.4 is 0 Å². The van der Waals surface area contributed by atoms with Crippen molar-refractivity contribution in [2.45, 2.75) is 25.4 Å². The predicted octanol–water partition coefficient (Wildman–Crippen LogP) is 0.747. The molecule has 7 heteroatoms. The van der Waals surface area contributed by atoms with Crippen molar-refractivity contribution >= 4 is 0 Å². The van der Waals surface area contributed by atoms with E-state index < -0.39 is 0 Å². The molecule has 7 nitrogen and oxygen atoms in total. The number of hydrogen-bond donors (Lipinski definition) is 1. The van der Waals surface area contributed by atoms with Gasteiger partial charge in [0.2, 0.25) is 11.7 Å². The van der Waals surface area contributed by atoms with Crippen molar-refractivity contribution in [3.05, 3.63) is 12.2 Å². The third-order valence-electron chi connectivity index (χ3n) is 2.62. The first-order valence-corrected chi connectivity index (χ1v) is 5.14. The highest BCUT2D eigenvalue weighted by Gasteiger charge is 2.28. The smallest absolute Gasteiger partial charge is 0.239 e. The molecule has 1 saturated heterocycles. The van der Waals surface area contributed by atoms with E-state index in [0.29, 0.717) is 24.1 Å². The van der Waals surface area contributed by atoms with Crippen molar-refractivity contribution in [3.63, 3.8) is 0 Å². The first kappa shape index (κ1) is 9.46. The standard InChI is InChI=1S/C9H11N5O2/c1-5-2-6(3-15-5)9-12-8(14-16-9)7-10-4-11-13-7/h4-6H,2-3H2,1H3,(H,10,11,13). The van der Waals surface area contributed by atoms with Crippen LogP contribution in [0.2, 0.25) is 0 Å². The highest BCUT2D eigenvalue weighted by atomic mass is 16.5. The summed E-state index contributed by atoms with van der Waals surface area (Å²) in [6.07, 6.45) is 2.58. The summed E-state index contributed by atoms with van der Waals surface area (Å²) in [7, 11) is 0. The Morgan fingerprint density at radius 1 is 1.50 bits per heavy atom. The van der Waals surface area contributed by atoms with Gasteiger partial charge < -0.3 is 9.26 Å². The van der Waals surface area contributed by atoms with Gasteiger partial charge in [0.1, 0.15) is 6.33 Å². The minimum absolute atomic E-state index is 0.194. The molecule has 1 aliphatic heterocycles. The third kappa shape index (κ3) is 1.58. The molecule has 3 heterocycles. The second-order valence-corrected chi connectivity index (χ2v) is 3.87. The molecule has 2 unspecified atom stereocenters. The number of aromatic amines is 1. The van der Waals surface area contributed by atoms with Crippen molar-refractivity contribution in [2.75, 3.05) is 6.61 Å². The average Bonchev–Trinajstić information content (AvgIpc) is 2.97. The van der Waals surface area contributed by atoms with Crippen LogP contribution in [0.4, 0.5) is 0 Å². The highest BCUT2D eigenvalue weighted by molar-refractivity contribution is 5.39. The zero-order valence-electron chi connectivity index (χ0n) is 8.75. The summed E-state index contributed by atoms with van der Waals surface area (Å²) in [6, 6.07) is 0. The molecule has 0 bridgehead atoms. The second-order valence-electron chi connectivity index (χ2n) is 3.87. The van der Waals surface area contributed by atoms with Gasteiger partial charge in [0.05, 0.1) is 18.6 Å². The van der Waals surface area contributed by atoms with Gasteiger partial charge in [0.25, 0.3) is 0 Å². The van der Waals surface area contributed by atoms with E-state index in [9.17, 15) is 0 Å². The minimum Gasteiger partial charge on any atom is -0.378 e. The molecule has 84 valence electrons. The largest absolute Gasteiger partial charge is 0.378 e. The van der Waals surface area contributed by atoms with E-state index in [1.807, 2.05) is 6.92 Å². The minimum atomic E-state index is 0.194. The Bertz CT molecular complexity index is 466. The van der Waals surface area contributed by atoms with E-state index in [4.69, 9.17) is 9.26 Å². The molecule has 2 atom stereocenters. The second kappa shape index (κ2) is 3.67. The van der Waals surface area contributed by atoms with Gasteiger partial charge in [-0.2, -0.15) is 10.1 Å². The number of rotatable bonds is 2. The molecule has 0 amide bonds. The first-order valence-electron chi connectivity index (χ1n) is 5.14. The van der Waals surface area contributed by atoms with E-state index in [2.05, 4.69) is 25.3 Å². The van der Waals surface area contributed by atoms with E-state index in [0.717, 1.165) is 6.42 Å². The van der Waals surface area contributed by atoms with Gasteiger partial charge in [-0.05, 0) is 13.3 Å². The van der Waals surface area contributed by atoms with E-state index >= 15 is 0 Å². The molecule has 0 spiro atoms. The Morgan fingerprint density at radius 2 is 2.44 bits per heavy atom. The van der Waals surface area contributed by atoms with E-state index in [1.54, 1.807) is 0 Å². The molecule has 2 aromatic heterocycles. The number of ether oxygens (including phenoxy) is 1. The summed E-state index contributed by atoms with van der Waals surface area (Å²) in [5.74, 6) is 1.75. The van der Waals surface area contributed by atoms with Gasteiger partial charge in [-0.3, -0.25) is 5.10 Å². The molecule has 0 aromatic carbocycles. The molecule has 1 fully saturated rings. The Kier molecular flexibility index (Phi) is 2.17. The highest BCUT2D eigenvalue weighted by Crippen LogP contribution is 2.28. The van der Waals surface area contributed by atoms with Crippen LogP contribution in [-0.2, 0) is 4.74 Å². The molecule has 0 aliphatic carbocycles. The maximum absolute atomic E-state index is 5.46. The van der Waals surface area contributed by atoms with Crippen LogP contribution in [0.25, 0.3) is 11.6 Å². The van der Waals surface area contributed by atoms with Gasteiger partial charge in [-0.25, -0.2) is 4.98 Å². The van der Waals surface area contributed by atoms with Crippen LogP contribution >= 0.6 is 0 Å². The summed E-state index contributed by atoms with van der Waals surface area (Å²) in [6.45, 7) is 2.67. The normalized spacial score (nSPS) is 25.1. The summed E-state index contributed by atoms with van der Waals surface area (Å²) in [5.41, 5.74) is 0. The van der Waals surface area contributed by atoms with Crippen molar-refractivity contribution in [1.82, 2.24) is 25.3 Å². The lowest BCUT2D eigenvalue weighted by Crippen LogP contribution is -1.98. The van der Waals surface area contributed by atoms with Crippen LogP contribution in [0.3, 0.4) is 0 Å². The fourth-order valence-corrected chi connectivity index (χ4v) is 1.80. The SMILES string of the molecule is CC1CC(c2nc(-c3ncn[nH]3)no2)CO1. The fourth-order valence-electron chi connectivity index (χ4n) is 1.80. The number of nitrogens with zero attached hydrogens (tertiary/aromatic N) is 4. The summed E-state index contributed by atoms with van der Waals surface area (Å²) in [5, 5.41) is 10.3. The molecular formula is C9H11N5O2. The topological polar surface area (TPSA) is 89.7 Å². The van der Waals surface area contributed by atoms with E-state index in [1.165, 1.54) is 6.33 Å². The van der Waals surface area contributed by atoms with Crippen LogP contribution in [0, 0.1) is 0 Å². The lowest BCUT2D eigenvalue weighted by Gasteiger charge is -1.98. The van der Waals surface area contributed by atoms with Gasteiger partial charge in [-0.15, -0.1) is 0 Å². The van der Waals surface area contributed by atoms with Gasteiger partial charge in [0.15, 0.2) is 5.82 Å². The third-order valence-corrected chi connectivity index (χ3v) is 2.62. The monoisotopic (exact) mass is 221 g/mol. The Labute approximate surface area is 91.2 Å². The van der Waals surface area contributed by atoms with Crippen molar-refractivity contribution in [3.8, 4) is 11.6 Å². The van der Waals surface area contributed by atoms with Crippen LogP contribution in [0.5, 0.6) is 0 Å². The van der Waals surface area contributed by atoms with E-state index in [-0.39, 0.29) is 12.0 Å². The number of H-pyrrole nitrogens is 1. The summed E-state index contributed by atoms with van der Waals surface area (Å²) < 4.78 is 10.6. The molecule has 16 heavy (non-hydrogen) atoms. The lowest BCUT2D eigenvalue weighted by atomic mass is 10.1. The zero-order valence-corrected chi connectivity index (χ0v) is 8.75. The number of aromatic nitrogens is 5. The van der Waals surface area contributed by atoms with Crippen LogP contribution in [0.1, 0.15) is 25.2 Å². The quantitative estimate of drug-likeness (QED) is 0.804. The van der Waals surface area contributed by atoms with Gasteiger partial charge in [0, 0.05) is 0 Å². The van der Waals surface area contributed by atoms with Crippen molar-refractivity contribution < 1.29 is 9.26 Å². The molecule has 2 aromatic rings. The molecule has 0 saturated carbocycles. The Morgan fingerprint density at radius 3 is 3.12 bits per heavy atom. The predicted molar refractivity (Wildman–Crippen MR) is 52.4 cm³/mol. The molecular weight excluding hydrogens is 210 g/mol. The fraction of sp³-hybridized carbons (Fsp3) is 0.556. The zero-order chi connectivity index (χ0) is 11.0. The maximum atomic E-state index is 5.46. The van der Waals surface area contributed by atoms with Crippen LogP contribution in [0.15, 0.2) is 10.9 Å². The summed E-state index contributed by atoms with van der Waals surface area (Å²) in [4.78, 5) is 8.24. The summed E-state index contributed by atoms with van der Waals surface area (Å²) >= 11 is 0. The lowest BCUT2D eigenvalue weighted by molar-refractivity contribution is 0.122. The Hall–Kier alpha value is -1.76. The van der Waals surface area contributed by atoms with Gasteiger partial charge >= 0.3 is 0 Å². The van der Waals surface area contributed by atoms with Crippen molar-refractivity contribution in [2.24, 2.45) is 0 Å². The molecule has 0 radical (unpaired) electrons.